The summed E-state index contributed by atoms with van der Waals surface area (Å²) in [6, 6.07) is 73.0. The Kier molecular flexibility index (Phi) is 6.76. The minimum Gasteiger partial charge on any atom is -0.310 e. The van der Waals surface area contributed by atoms with Crippen LogP contribution in [0.4, 0.5) is 17.1 Å². The number of benzene rings is 8. The van der Waals surface area contributed by atoms with Crippen molar-refractivity contribution in [1.82, 2.24) is 0 Å². The number of anilines is 3. The summed E-state index contributed by atoms with van der Waals surface area (Å²) in [6.45, 7) is 0. The first kappa shape index (κ1) is 28.1. The van der Waals surface area contributed by atoms with Crippen molar-refractivity contribution in [3.63, 3.8) is 0 Å². The highest BCUT2D eigenvalue weighted by molar-refractivity contribution is 6.01. The van der Waals surface area contributed by atoms with Crippen LogP contribution in [0.15, 0.2) is 200 Å². The van der Waals surface area contributed by atoms with E-state index in [9.17, 15) is 0 Å². The molecule has 0 aromatic heterocycles. The van der Waals surface area contributed by atoms with E-state index in [2.05, 4.69) is 205 Å². The van der Waals surface area contributed by atoms with Crippen LogP contribution in [0.1, 0.15) is 22.3 Å². The van der Waals surface area contributed by atoms with Gasteiger partial charge in [0.05, 0.1) is 11.1 Å². The molecule has 0 heterocycles. The number of fused-ring (bicyclic) bond motifs is 4. The van der Waals surface area contributed by atoms with Crippen molar-refractivity contribution < 1.29 is 0 Å². The Balaban J connectivity index is 1.36. The van der Waals surface area contributed by atoms with Crippen molar-refractivity contribution in [2.75, 3.05) is 4.90 Å². The molecule has 0 fully saturated rings. The summed E-state index contributed by atoms with van der Waals surface area (Å²) in [5.74, 6) is 0. The van der Waals surface area contributed by atoms with Gasteiger partial charge in [0.2, 0.25) is 0 Å². The molecular formula is C47H33N. The molecule has 0 radical (unpaired) electrons. The molecule has 0 bridgehead atoms. The van der Waals surface area contributed by atoms with Crippen LogP contribution in [0.3, 0.4) is 0 Å². The molecule has 1 aliphatic rings. The third kappa shape index (κ3) is 4.40. The lowest BCUT2D eigenvalue weighted by Gasteiger charge is -2.34. The quantitative estimate of drug-likeness (QED) is 0.181. The van der Waals surface area contributed by atoms with Gasteiger partial charge < -0.3 is 4.90 Å². The zero-order valence-electron chi connectivity index (χ0n) is 26.5. The fourth-order valence-corrected chi connectivity index (χ4v) is 7.83. The van der Waals surface area contributed by atoms with Gasteiger partial charge in [-0.05, 0) is 92.2 Å². The Bertz CT molecular complexity index is 2320. The lowest BCUT2D eigenvalue weighted by atomic mass is 9.67. The third-order valence-corrected chi connectivity index (χ3v) is 9.91. The van der Waals surface area contributed by atoms with E-state index in [0.29, 0.717) is 0 Å². The maximum atomic E-state index is 2.44. The van der Waals surface area contributed by atoms with E-state index in [0.717, 1.165) is 17.1 Å². The molecule has 0 atom stereocenters. The average Bonchev–Trinajstić information content (AvgIpc) is 3.46. The van der Waals surface area contributed by atoms with Gasteiger partial charge in [-0.15, -0.1) is 0 Å². The van der Waals surface area contributed by atoms with Gasteiger partial charge in [-0.1, -0.05) is 158 Å². The van der Waals surface area contributed by atoms with E-state index in [1.807, 2.05) is 0 Å². The smallest absolute Gasteiger partial charge is 0.0714 e. The average molecular weight is 612 g/mol. The molecule has 0 unspecified atom stereocenters. The zero-order chi connectivity index (χ0) is 31.9. The Morgan fingerprint density at radius 2 is 0.854 bits per heavy atom. The summed E-state index contributed by atoms with van der Waals surface area (Å²) in [5, 5.41) is 2.49. The first-order chi connectivity index (χ1) is 23.8. The molecule has 0 amide bonds. The second kappa shape index (κ2) is 11.6. The Labute approximate surface area is 282 Å². The Morgan fingerprint density at radius 1 is 0.354 bits per heavy atom. The van der Waals surface area contributed by atoms with E-state index >= 15 is 0 Å². The number of para-hydroxylation sites is 1. The van der Waals surface area contributed by atoms with Gasteiger partial charge in [-0.3, -0.25) is 0 Å². The van der Waals surface area contributed by atoms with Crippen LogP contribution in [0.25, 0.3) is 33.0 Å². The molecule has 226 valence electrons. The lowest BCUT2D eigenvalue weighted by molar-refractivity contribution is 0.769. The monoisotopic (exact) mass is 611 g/mol. The standard InChI is InChI=1S/C47H33N/c1-5-16-34(17-6-1)35-28-30-41(31-29-35)48(40-24-11-4-12-25-40)45-27-15-26-43-46(45)42-32-36-18-13-14-19-37(36)33-44(42)47(43,38-20-7-2-8-21-38)39-22-9-3-10-23-39/h1-33H. The molecule has 1 aliphatic carbocycles. The van der Waals surface area contributed by atoms with Gasteiger partial charge in [0.1, 0.15) is 0 Å². The van der Waals surface area contributed by atoms with E-state index < -0.39 is 5.41 Å². The molecule has 48 heavy (non-hydrogen) atoms. The van der Waals surface area contributed by atoms with E-state index in [1.165, 1.54) is 55.3 Å². The van der Waals surface area contributed by atoms with Crippen molar-refractivity contribution >= 4 is 27.8 Å². The second-order valence-corrected chi connectivity index (χ2v) is 12.5. The minimum absolute atomic E-state index is 0.493. The van der Waals surface area contributed by atoms with Gasteiger partial charge in [0, 0.05) is 16.9 Å². The second-order valence-electron chi connectivity index (χ2n) is 12.5. The SMILES string of the molecule is c1ccc(-c2ccc(N(c3ccccc3)c3cccc4c3-c3cc5ccccc5cc3C4(c3ccccc3)c3ccccc3)cc2)cc1. The van der Waals surface area contributed by atoms with Crippen molar-refractivity contribution in [2.24, 2.45) is 0 Å². The molecule has 1 heteroatoms. The number of rotatable bonds is 6. The number of nitrogens with zero attached hydrogens (tertiary/aromatic N) is 1. The summed E-state index contributed by atoms with van der Waals surface area (Å²) in [6.07, 6.45) is 0. The molecule has 0 spiro atoms. The van der Waals surface area contributed by atoms with Crippen molar-refractivity contribution in [2.45, 2.75) is 5.41 Å². The molecule has 0 N–H and O–H groups in total. The van der Waals surface area contributed by atoms with Gasteiger partial charge in [0.25, 0.3) is 0 Å². The zero-order valence-corrected chi connectivity index (χ0v) is 26.5. The predicted molar refractivity (Wildman–Crippen MR) is 201 cm³/mol. The van der Waals surface area contributed by atoms with Crippen LogP contribution < -0.4 is 4.90 Å². The fraction of sp³-hybridized carbons (Fsp3) is 0.0213. The van der Waals surface area contributed by atoms with Gasteiger partial charge in [-0.2, -0.15) is 0 Å². The van der Waals surface area contributed by atoms with E-state index in [1.54, 1.807) is 0 Å². The molecule has 0 saturated carbocycles. The Morgan fingerprint density at radius 3 is 1.48 bits per heavy atom. The first-order valence-corrected chi connectivity index (χ1v) is 16.6. The molecule has 1 nitrogen and oxygen atoms in total. The Hall–Kier alpha value is -6.18. The number of hydrogen-bond donors (Lipinski definition) is 0. The highest BCUT2D eigenvalue weighted by Crippen LogP contribution is 2.60. The van der Waals surface area contributed by atoms with Crippen LogP contribution >= 0.6 is 0 Å². The summed E-state index contributed by atoms with van der Waals surface area (Å²) in [4.78, 5) is 2.43. The van der Waals surface area contributed by atoms with Crippen LogP contribution in [0.2, 0.25) is 0 Å². The van der Waals surface area contributed by atoms with Gasteiger partial charge in [-0.25, -0.2) is 0 Å². The largest absolute Gasteiger partial charge is 0.310 e. The summed E-state index contributed by atoms with van der Waals surface area (Å²) >= 11 is 0. The van der Waals surface area contributed by atoms with E-state index in [4.69, 9.17) is 0 Å². The van der Waals surface area contributed by atoms with Crippen LogP contribution in [-0.4, -0.2) is 0 Å². The molecule has 0 aliphatic heterocycles. The van der Waals surface area contributed by atoms with Gasteiger partial charge >= 0.3 is 0 Å². The molecule has 0 saturated heterocycles. The number of hydrogen-bond acceptors (Lipinski definition) is 1. The molecule has 8 aromatic rings. The molecule has 8 aromatic carbocycles. The molecular weight excluding hydrogens is 579 g/mol. The van der Waals surface area contributed by atoms with Crippen LogP contribution in [0, 0.1) is 0 Å². The van der Waals surface area contributed by atoms with Gasteiger partial charge in [0.15, 0.2) is 0 Å². The predicted octanol–water partition coefficient (Wildman–Crippen LogP) is 12.3. The maximum absolute atomic E-state index is 2.44. The summed E-state index contributed by atoms with van der Waals surface area (Å²) in [5.41, 5.74) is 13.0. The van der Waals surface area contributed by atoms with Crippen molar-refractivity contribution in [3.05, 3.63) is 222 Å². The highest BCUT2D eigenvalue weighted by Gasteiger charge is 2.47. The minimum atomic E-state index is -0.493. The maximum Gasteiger partial charge on any atom is 0.0714 e. The van der Waals surface area contributed by atoms with Crippen LogP contribution in [-0.2, 0) is 5.41 Å². The fourth-order valence-electron chi connectivity index (χ4n) is 7.83. The van der Waals surface area contributed by atoms with Crippen molar-refractivity contribution in [1.29, 1.82) is 0 Å². The first-order valence-electron chi connectivity index (χ1n) is 16.6. The highest BCUT2D eigenvalue weighted by atomic mass is 15.1. The molecule has 9 rings (SSSR count). The normalized spacial score (nSPS) is 12.8. The van der Waals surface area contributed by atoms with Crippen LogP contribution in [0.5, 0.6) is 0 Å². The summed E-state index contributed by atoms with van der Waals surface area (Å²) in [7, 11) is 0. The summed E-state index contributed by atoms with van der Waals surface area (Å²) < 4.78 is 0. The topological polar surface area (TPSA) is 3.24 Å². The van der Waals surface area contributed by atoms with Crippen molar-refractivity contribution in [3.8, 4) is 22.3 Å². The van der Waals surface area contributed by atoms with E-state index in [-0.39, 0.29) is 0 Å². The lowest BCUT2D eigenvalue weighted by Crippen LogP contribution is -2.28. The third-order valence-electron chi connectivity index (χ3n) is 9.91.